The molecule has 0 N–H and O–H groups in total. The molecule has 1 atom stereocenters. The van der Waals surface area contributed by atoms with Crippen LogP contribution < -0.4 is 0 Å². The number of sulfonamides is 1. The van der Waals surface area contributed by atoms with Crippen LogP contribution in [0.15, 0.2) is 41.6 Å². The Morgan fingerprint density at radius 3 is 2.52 bits per heavy atom. The van der Waals surface area contributed by atoms with Gasteiger partial charge >= 0.3 is 0 Å². The highest BCUT2D eigenvalue weighted by molar-refractivity contribution is 7.89. The second-order valence-electron chi connectivity index (χ2n) is 5.29. The van der Waals surface area contributed by atoms with Crippen LogP contribution >= 0.6 is 11.6 Å². The fraction of sp³-hybridized carbons (Fsp3) is 0.250. The fourth-order valence-corrected chi connectivity index (χ4v) is 4.20. The van der Waals surface area contributed by atoms with Crippen LogP contribution in [0.2, 0.25) is 5.02 Å². The molecule has 5 nitrogen and oxygen atoms in total. The minimum atomic E-state index is -4.83. The maximum atomic E-state index is 15.5. The van der Waals surface area contributed by atoms with Crippen LogP contribution in [0.5, 0.6) is 0 Å². The number of pyridine rings is 1. The monoisotopic (exact) mass is 421 g/mol. The van der Waals surface area contributed by atoms with E-state index in [1.165, 1.54) is 0 Å². The molecule has 0 spiro atoms. The third-order valence-electron chi connectivity index (χ3n) is 3.69. The fourth-order valence-electron chi connectivity index (χ4n) is 2.42. The molecular weight excluding hydrogens is 410 g/mol. The lowest BCUT2D eigenvalue weighted by Gasteiger charge is -2.35. The molecule has 11 heteroatoms. The molecule has 0 radical (unpaired) electrons. The predicted octanol–water partition coefficient (Wildman–Crippen LogP) is 3.84. The zero-order valence-corrected chi connectivity index (χ0v) is 15.3. The Balaban J connectivity index is 2.68. The van der Waals surface area contributed by atoms with Gasteiger partial charge < -0.3 is 0 Å². The second kappa shape index (κ2) is 7.80. The topological polar surface area (TPSA) is 74.1 Å². The largest absolute Gasteiger partial charge is 0.290 e. The molecule has 0 bridgehead atoms. The van der Waals surface area contributed by atoms with Gasteiger partial charge in [-0.15, -0.1) is 0 Å². The highest BCUT2D eigenvalue weighted by Gasteiger charge is 2.53. The Bertz CT molecular complexity index is 997. The number of alkyl halides is 3. The lowest BCUT2D eigenvalue weighted by molar-refractivity contribution is -0.111. The first-order chi connectivity index (χ1) is 12.6. The van der Waals surface area contributed by atoms with Crippen LogP contribution in [-0.2, 0) is 15.8 Å². The van der Waals surface area contributed by atoms with Gasteiger partial charge in [0.15, 0.2) is 0 Å². The van der Waals surface area contributed by atoms with Crippen molar-refractivity contribution in [1.82, 2.24) is 9.29 Å². The Hall–Kier alpha value is -2.22. The van der Waals surface area contributed by atoms with Crippen molar-refractivity contribution in [3.05, 3.63) is 58.6 Å². The molecule has 0 fully saturated rings. The SMILES string of the molecule is CCN(C(F)(c1ccc(F)c(Cl)c1)C(F)F)S(=O)(=O)c1cncc(C#N)c1. The summed E-state index contributed by atoms with van der Waals surface area (Å²) in [4.78, 5) is 2.92. The maximum Gasteiger partial charge on any atom is 0.290 e. The number of aromatic nitrogens is 1. The Labute approximate surface area is 157 Å². The molecule has 1 aromatic heterocycles. The molecule has 1 aromatic carbocycles. The molecular formula is C16H12ClF4N3O2S. The number of benzene rings is 1. The van der Waals surface area contributed by atoms with Gasteiger partial charge in [0.25, 0.3) is 12.2 Å². The molecule has 1 heterocycles. The van der Waals surface area contributed by atoms with Crippen LogP contribution in [0.25, 0.3) is 0 Å². The number of hydrogen-bond donors (Lipinski definition) is 0. The van der Waals surface area contributed by atoms with E-state index in [-0.39, 0.29) is 9.87 Å². The number of nitriles is 1. The third-order valence-corrected chi connectivity index (χ3v) is 5.91. The standard InChI is InChI=1S/C16H12ClF4N3O2S/c1-2-24(27(25,26)12-5-10(7-22)8-23-9-12)16(21,15(19)20)11-3-4-14(18)13(17)6-11/h3-6,8-9,15H,2H2,1H3. The maximum absolute atomic E-state index is 15.5. The van der Waals surface area contributed by atoms with E-state index in [4.69, 9.17) is 16.9 Å². The van der Waals surface area contributed by atoms with E-state index in [0.717, 1.165) is 25.4 Å². The first-order valence-electron chi connectivity index (χ1n) is 7.39. The lowest BCUT2D eigenvalue weighted by Crippen LogP contribution is -2.51. The first-order valence-corrected chi connectivity index (χ1v) is 9.21. The summed E-state index contributed by atoms with van der Waals surface area (Å²) in [7, 11) is -4.83. The minimum Gasteiger partial charge on any atom is -0.262 e. The van der Waals surface area contributed by atoms with E-state index in [1.807, 2.05) is 0 Å². The Morgan fingerprint density at radius 1 is 1.33 bits per heavy atom. The molecule has 0 aliphatic carbocycles. The molecule has 0 saturated heterocycles. The van der Waals surface area contributed by atoms with Crippen LogP contribution in [-0.4, -0.2) is 30.7 Å². The van der Waals surface area contributed by atoms with E-state index in [1.54, 1.807) is 6.07 Å². The molecule has 0 aliphatic rings. The van der Waals surface area contributed by atoms with Crippen molar-refractivity contribution < 1.29 is 26.0 Å². The van der Waals surface area contributed by atoms with Crippen molar-refractivity contribution in [3.63, 3.8) is 0 Å². The lowest BCUT2D eigenvalue weighted by atomic mass is 10.0. The van der Waals surface area contributed by atoms with Crippen molar-refractivity contribution in [1.29, 1.82) is 5.26 Å². The zero-order chi connectivity index (χ0) is 20.4. The van der Waals surface area contributed by atoms with Crippen LogP contribution in [0, 0.1) is 17.1 Å². The molecule has 0 amide bonds. The smallest absolute Gasteiger partial charge is 0.262 e. The van der Waals surface area contributed by atoms with E-state index in [9.17, 15) is 21.6 Å². The summed E-state index contributed by atoms with van der Waals surface area (Å²) in [5.41, 5.74) is -0.989. The summed E-state index contributed by atoms with van der Waals surface area (Å²) in [5, 5.41) is 8.22. The van der Waals surface area contributed by atoms with Crippen molar-refractivity contribution in [3.8, 4) is 6.07 Å². The van der Waals surface area contributed by atoms with Gasteiger partial charge in [0.1, 0.15) is 16.8 Å². The summed E-state index contributed by atoms with van der Waals surface area (Å²) < 4.78 is 81.9. The average Bonchev–Trinajstić information content (AvgIpc) is 2.63. The summed E-state index contributed by atoms with van der Waals surface area (Å²) >= 11 is 5.54. The van der Waals surface area contributed by atoms with E-state index < -0.39 is 50.1 Å². The number of rotatable bonds is 6. The van der Waals surface area contributed by atoms with E-state index in [2.05, 4.69) is 4.98 Å². The van der Waals surface area contributed by atoms with Gasteiger partial charge in [-0.2, -0.15) is 9.57 Å². The molecule has 0 aliphatic heterocycles. The van der Waals surface area contributed by atoms with Gasteiger partial charge in [0.05, 0.1) is 10.6 Å². The minimum absolute atomic E-state index is 0.0770. The van der Waals surface area contributed by atoms with E-state index in [0.29, 0.717) is 18.2 Å². The van der Waals surface area contributed by atoms with Crippen LogP contribution in [0.4, 0.5) is 17.6 Å². The summed E-state index contributed by atoms with van der Waals surface area (Å²) in [6.45, 7) is 0.468. The molecule has 2 rings (SSSR count). The number of hydrogen-bond acceptors (Lipinski definition) is 4. The molecule has 144 valence electrons. The molecule has 2 aromatic rings. The number of halogens is 5. The highest BCUT2D eigenvalue weighted by Crippen LogP contribution is 2.41. The zero-order valence-electron chi connectivity index (χ0n) is 13.7. The Morgan fingerprint density at radius 2 is 2.00 bits per heavy atom. The molecule has 1 unspecified atom stereocenters. The molecule has 0 saturated carbocycles. The highest BCUT2D eigenvalue weighted by atomic mass is 35.5. The van der Waals surface area contributed by atoms with Crippen molar-refractivity contribution >= 4 is 21.6 Å². The van der Waals surface area contributed by atoms with Crippen molar-refractivity contribution in [2.45, 2.75) is 24.0 Å². The van der Waals surface area contributed by atoms with Gasteiger partial charge in [0, 0.05) is 24.5 Å². The summed E-state index contributed by atoms with van der Waals surface area (Å²) in [5.74, 6) is -4.80. The Kier molecular flexibility index (Phi) is 6.09. The van der Waals surface area contributed by atoms with Gasteiger partial charge in [-0.25, -0.2) is 26.0 Å². The van der Waals surface area contributed by atoms with Crippen molar-refractivity contribution in [2.75, 3.05) is 6.54 Å². The number of nitrogens with zero attached hydrogens (tertiary/aromatic N) is 3. The van der Waals surface area contributed by atoms with Crippen LogP contribution in [0.1, 0.15) is 18.1 Å². The van der Waals surface area contributed by atoms with Gasteiger partial charge in [-0.05, 0) is 18.2 Å². The van der Waals surface area contributed by atoms with Gasteiger partial charge in [0.2, 0.25) is 10.0 Å². The molecule has 27 heavy (non-hydrogen) atoms. The van der Waals surface area contributed by atoms with E-state index >= 15 is 4.39 Å². The quantitative estimate of drug-likeness (QED) is 0.524. The van der Waals surface area contributed by atoms with Crippen LogP contribution in [0.3, 0.4) is 0 Å². The average molecular weight is 422 g/mol. The predicted molar refractivity (Wildman–Crippen MR) is 88.7 cm³/mol. The van der Waals surface area contributed by atoms with Gasteiger partial charge in [-0.1, -0.05) is 24.6 Å². The normalized spacial score (nSPS) is 14.2. The summed E-state index contributed by atoms with van der Waals surface area (Å²) in [6, 6.07) is 4.49. The first kappa shape index (κ1) is 21.1. The third kappa shape index (κ3) is 3.76. The second-order valence-corrected chi connectivity index (χ2v) is 7.56. The van der Waals surface area contributed by atoms with Crippen molar-refractivity contribution in [2.24, 2.45) is 0 Å². The summed E-state index contributed by atoms with van der Waals surface area (Å²) in [6.07, 6.45) is -1.95. The van der Waals surface area contributed by atoms with Gasteiger partial charge in [-0.3, -0.25) is 4.98 Å².